The van der Waals surface area contributed by atoms with E-state index in [9.17, 15) is 18.4 Å². The van der Waals surface area contributed by atoms with E-state index in [2.05, 4.69) is 0 Å². The maximum atomic E-state index is 13.3. The van der Waals surface area contributed by atoms with Crippen LogP contribution < -0.4 is 11.2 Å². The molecule has 0 unspecified atom stereocenters. The first-order valence-corrected chi connectivity index (χ1v) is 4.89. The third kappa shape index (κ3) is 2.13. The van der Waals surface area contributed by atoms with Gasteiger partial charge in [0.15, 0.2) is 0 Å². The summed E-state index contributed by atoms with van der Waals surface area (Å²) >= 11 is 0. The van der Waals surface area contributed by atoms with Crippen LogP contribution in [0, 0.1) is 0 Å². The quantitative estimate of drug-likeness (QED) is 0.735. The van der Waals surface area contributed by atoms with Gasteiger partial charge in [-0.3, -0.25) is 14.3 Å². The third-order valence-corrected chi connectivity index (χ3v) is 2.57. The highest BCUT2D eigenvalue weighted by molar-refractivity contribution is 4.91. The summed E-state index contributed by atoms with van der Waals surface area (Å²) in [6, 6.07) is 1.04. The van der Waals surface area contributed by atoms with Crippen molar-refractivity contribution in [1.29, 1.82) is 0 Å². The lowest BCUT2D eigenvalue weighted by molar-refractivity contribution is -0.102. The van der Waals surface area contributed by atoms with E-state index in [1.165, 1.54) is 0 Å². The Kier molecular flexibility index (Phi) is 2.84. The Hall–Kier alpha value is -1.54. The number of nitrogens with zero attached hydrogens (tertiary/aromatic N) is 1. The molecule has 0 bridgehead atoms. The minimum absolute atomic E-state index is 0.616. The van der Waals surface area contributed by atoms with Gasteiger partial charge in [-0.1, -0.05) is 0 Å². The highest BCUT2D eigenvalue weighted by Gasteiger charge is 2.50. The molecule has 17 heavy (non-hydrogen) atoms. The van der Waals surface area contributed by atoms with Gasteiger partial charge in [0.2, 0.25) is 0 Å². The van der Waals surface area contributed by atoms with Gasteiger partial charge in [-0.2, -0.15) is 0 Å². The van der Waals surface area contributed by atoms with E-state index < -0.39 is 42.5 Å². The lowest BCUT2D eigenvalue weighted by atomic mass is 10.2. The molecule has 1 aromatic rings. The number of aliphatic hydroxyl groups excluding tert-OH is 1. The first-order chi connectivity index (χ1) is 7.94. The topological polar surface area (TPSA) is 84.3 Å². The van der Waals surface area contributed by atoms with Crippen molar-refractivity contribution in [3.05, 3.63) is 33.1 Å². The summed E-state index contributed by atoms with van der Waals surface area (Å²) in [6.45, 7) is -0.832. The smallest absolute Gasteiger partial charge is 0.330 e. The lowest BCUT2D eigenvalue weighted by Crippen LogP contribution is -2.31. The van der Waals surface area contributed by atoms with Crippen LogP contribution in [0.2, 0.25) is 0 Å². The highest BCUT2D eigenvalue weighted by Crippen LogP contribution is 2.39. The Morgan fingerprint density at radius 1 is 1.59 bits per heavy atom. The summed E-state index contributed by atoms with van der Waals surface area (Å²) < 4.78 is 32.3. The molecule has 0 radical (unpaired) electrons. The van der Waals surface area contributed by atoms with Crippen LogP contribution in [0.25, 0.3) is 0 Å². The van der Waals surface area contributed by atoms with Crippen LogP contribution in [0.3, 0.4) is 0 Å². The van der Waals surface area contributed by atoms with Gasteiger partial charge in [0.05, 0.1) is 13.0 Å². The SMILES string of the molecule is O=c1ccn([C@H]2CC(F)(F)[C@H](CO)O2)c(=O)[nH]1. The summed E-state index contributed by atoms with van der Waals surface area (Å²) in [5, 5.41) is 8.73. The standard InChI is InChI=1S/C9H10F2N2O4/c10-9(11)3-7(17-5(9)4-14)13-2-1-6(15)12-8(13)16/h1-2,5,7,14H,3-4H2,(H,12,15,16)/t5-,7+/m0/s1. The summed E-state index contributed by atoms with van der Waals surface area (Å²) in [7, 11) is 0. The zero-order chi connectivity index (χ0) is 12.6. The molecule has 0 aliphatic carbocycles. The van der Waals surface area contributed by atoms with Gasteiger partial charge in [-0.05, 0) is 0 Å². The average Bonchev–Trinajstić information content (AvgIpc) is 2.53. The van der Waals surface area contributed by atoms with E-state index in [0.29, 0.717) is 0 Å². The molecule has 1 aliphatic rings. The number of H-pyrrole nitrogens is 1. The number of nitrogens with one attached hydrogen (secondary N) is 1. The Morgan fingerprint density at radius 2 is 2.29 bits per heavy atom. The van der Waals surface area contributed by atoms with Gasteiger partial charge < -0.3 is 9.84 Å². The van der Waals surface area contributed by atoms with Gasteiger partial charge >= 0.3 is 5.69 Å². The molecule has 0 saturated carbocycles. The van der Waals surface area contributed by atoms with Crippen molar-refractivity contribution in [3.63, 3.8) is 0 Å². The summed E-state index contributed by atoms with van der Waals surface area (Å²) in [5.41, 5.74) is -1.44. The summed E-state index contributed by atoms with van der Waals surface area (Å²) in [6.07, 6.45) is -2.45. The molecule has 1 fully saturated rings. The fourth-order valence-corrected chi connectivity index (χ4v) is 1.70. The Labute approximate surface area is 93.5 Å². The molecule has 1 aromatic heterocycles. The minimum atomic E-state index is -3.20. The van der Waals surface area contributed by atoms with Crippen LogP contribution >= 0.6 is 0 Å². The van der Waals surface area contributed by atoms with E-state index in [0.717, 1.165) is 16.8 Å². The number of aromatic nitrogens is 2. The van der Waals surface area contributed by atoms with Crippen LogP contribution in [0.1, 0.15) is 12.6 Å². The normalized spacial score (nSPS) is 27.2. The zero-order valence-corrected chi connectivity index (χ0v) is 8.60. The monoisotopic (exact) mass is 248 g/mol. The number of ether oxygens (including phenoxy) is 1. The molecular weight excluding hydrogens is 238 g/mol. The van der Waals surface area contributed by atoms with Crippen molar-refractivity contribution < 1.29 is 18.6 Å². The molecule has 0 aromatic carbocycles. The maximum Gasteiger partial charge on any atom is 0.330 e. The third-order valence-electron chi connectivity index (χ3n) is 2.57. The van der Waals surface area contributed by atoms with Crippen molar-refractivity contribution in [1.82, 2.24) is 9.55 Å². The predicted octanol–water partition coefficient (Wildman–Crippen LogP) is -0.548. The lowest BCUT2D eigenvalue weighted by Gasteiger charge is -2.14. The number of aromatic amines is 1. The van der Waals surface area contributed by atoms with Crippen molar-refractivity contribution in [2.75, 3.05) is 6.61 Å². The van der Waals surface area contributed by atoms with Crippen LogP contribution in [0.4, 0.5) is 8.78 Å². The van der Waals surface area contributed by atoms with E-state index in [1.54, 1.807) is 0 Å². The van der Waals surface area contributed by atoms with Gasteiger partial charge in [-0.15, -0.1) is 0 Å². The van der Waals surface area contributed by atoms with Crippen molar-refractivity contribution >= 4 is 0 Å². The van der Waals surface area contributed by atoms with E-state index >= 15 is 0 Å². The van der Waals surface area contributed by atoms with Crippen LogP contribution in [0.5, 0.6) is 0 Å². The second-order valence-corrected chi connectivity index (χ2v) is 3.74. The highest BCUT2D eigenvalue weighted by atomic mass is 19.3. The number of hydrogen-bond donors (Lipinski definition) is 2. The molecule has 2 rings (SSSR count). The first-order valence-electron chi connectivity index (χ1n) is 4.89. The molecule has 0 amide bonds. The van der Waals surface area contributed by atoms with Crippen LogP contribution in [-0.2, 0) is 4.74 Å². The molecular formula is C9H10F2N2O4. The van der Waals surface area contributed by atoms with E-state index in [4.69, 9.17) is 9.84 Å². The Bertz CT molecular complexity index is 524. The molecule has 2 heterocycles. The largest absolute Gasteiger partial charge is 0.393 e. The number of hydrogen-bond acceptors (Lipinski definition) is 4. The van der Waals surface area contributed by atoms with Crippen molar-refractivity contribution in [2.24, 2.45) is 0 Å². The number of rotatable bonds is 2. The number of alkyl halides is 2. The second kappa shape index (κ2) is 4.04. The molecule has 0 spiro atoms. The number of aliphatic hydroxyl groups is 1. The molecule has 1 aliphatic heterocycles. The second-order valence-electron chi connectivity index (χ2n) is 3.74. The molecule has 2 atom stereocenters. The molecule has 6 nitrogen and oxygen atoms in total. The molecule has 1 saturated heterocycles. The van der Waals surface area contributed by atoms with E-state index in [-0.39, 0.29) is 0 Å². The van der Waals surface area contributed by atoms with Gasteiger partial charge in [0, 0.05) is 12.3 Å². The fourth-order valence-electron chi connectivity index (χ4n) is 1.70. The maximum absolute atomic E-state index is 13.3. The zero-order valence-electron chi connectivity index (χ0n) is 8.60. The van der Waals surface area contributed by atoms with Crippen molar-refractivity contribution in [3.8, 4) is 0 Å². The number of halogens is 2. The fraction of sp³-hybridized carbons (Fsp3) is 0.556. The first kappa shape index (κ1) is 11.9. The van der Waals surface area contributed by atoms with Crippen LogP contribution in [0.15, 0.2) is 21.9 Å². The Morgan fingerprint density at radius 3 is 2.82 bits per heavy atom. The van der Waals surface area contributed by atoms with Crippen LogP contribution in [-0.4, -0.2) is 33.3 Å². The Balaban J connectivity index is 2.32. The van der Waals surface area contributed by atoms with Gasteiger partial charge in [0.25, 0.3) is 11.5 Å². The predicted molar refractivity (Wildman–Crippen MR) is 51.9 cm³/mol. The van der Waals surface area contributed by atoms with Gasteiger partial charge in [-0.25, -0.2) is 13.6 Å². The summed E-state index contributed by atoms with van der Waals surface area (Å²) in [4.78, 5) is 24.1. The van der Waals surface area contributed by atoms with Crippen molar-refractivity contribution in [2.45, 2.75) is 24.7 Å². The van der Waals surface area contributed by atoms with E-state index in [1.807, 2.05) is 4.98 Å². The average molecular weight is 248 g/mol. The molecule has 94 valence electrons. The molecule has 2 N–H and O–H groups in total. The summed E-state index contributed by atoms with van der Waals surface area (Å²) in [5.74, 6) is -3.20. The molecule has 8 heteroatoms. The minimum Gasteiger partial charge on any atom is -0.393 e. The van der Waals surface area contributed by atoms with Gasteiger partial charge in [0.1, 0.15) is 12.3 Å².